The molecule has 0 unspecified atom stereocenters. The van der Waals surface area contributed by atoms with Crippen molar-refractivity contribution in [3.05, 3.63) is 59.9 Å². The van der Waals surface area contributed by atoms with E-state index in [2.05, 4.69) is 20.5 Å². The predicted molar refractivity (Wildman–Crippen MR) is 98.7 cm³/mol. The van der Waals surface area contributed by atoms with E-state index in [4.69, 9.17) is 0 Å². The number of aryl methyl sites for hydroxylation is 1. The molecule has 0 bridgehead atoms. The average Bonchev–Trinajstić information content (AvgIpc) is 3.08. The number of hydrogen-bond acceptors (Lipinski definition) is 5. The van der Waals surface area contributed by atoms with Crippen LogP contribution in [0.1, 0.15) is 23.1 Å². The number of carbonyl (C=O) groups excluding carboxylic acids is 1. The van der Waals surface area contributed by atoms with Gasteiger partial charge in [-0.2, -0.15) is 5.10 Å². The molecule has 7 nitrogen and oxygen atoms in total. The molecule has 0 atom stereocenters. The second-order valence-corrected chi connectivity index (χ2v) is 7.99. The van der Waals surface area contributed by atoms with Crippen LogP contribution in [0.4, 0.5) is 5.69 Å². The molecule has 2 aromatic carbocycles. The number of rotatable bonds is 5. The van der Waals surface area contributed by atoms with Crippen molar-refractivity contribution in [2.75, 3.05) is 11.1 Å². The molecule has 3 rings (SSSR count). The zero-order chi connectivity index (χ0) is 18.7. The molecule has 0 saturated heterocycles. The summed E-state index contributed by atoms with van der Waals surface area (Å²) in [7, 11) is -3.28. The fourth-order valence-electron chi connectivity index (χ4n) is 2.39. The Bertz CT molecular complexity index is 1040. The first kappa shape index (κ1) is 17.8. The molecule has 1 heterocycles. The third kappa shape index (κ3) is 3.80. The number of benzene rings is 2. The van der Waals surface area contributed by atoms with Gasteiger partial charge in [0.1, 0.15) is 5.82 Å². The first-order valence-electron chi connectivity index (χ1n) is 8.02. The summed E-state index contributed by atoms with van der Waals surface area (Å²) in [6.45, 7) is 3.39. The van der Waals surface area contributed by atoms with Crippen molar-refractivity contribution in [2.24, 2.45) is 0 Å². The number of nitrogens with one attached hydrogen (secondary N) is 2. The van der Waals surface area contributed by atoms with Crippen LogP contribution in [0.3, 0.4) is 0 Å². The molecule has 3 aromatic rings. The van der Waals surface area contributed by atoms with E-state index in [0.717, 1.165) is 5.56 Å². The van der Waals surface area contributed by atoms with Crippen molar-refractivity contribution in [2.45, 2.75) is 18.7 Å². The number of nitrogens with zero attached hydrogens (tertiary/aromatic N) is 2. The summed E-state index contributed by atoms with van der Waals surface area (Å²) in [4.78, 5) is 16.9. The number of H-pyrrole nitrogens is 1. The summed E-state index contributed by atoms with van der Waals surface area (Å²) in [6.07, 6.45) is 0. The van der Waals surface area contributed by atoms with Gasteiger partial charge >= 0.3 is 0 Å². The summed E-state index contributed by atoms with van der Waals surface area (Å²) in [5.74, 6) is 0.949. The van der Waals surface area contributed by atoms with Crippen LogP contribution in [-0.4, -0.2) is 35.3 Å². The first-order valence-corrected chi connectivity index (χ1v) is 9.68. The van der Waals surface area contributed by atoms with E-state index >= 15 is 0 Å². The summed E-state index contributed by atoms with van der Waals surface area (Å²) in [5.41, 5.74) is 1.75. The van der Waals surface area contributed by atoms with E-state index in [0.29, 0.717) is 22.9 Å². The van der Waals surface area contributed by atoms with Gasteiger partial charge in [0, 0.05) is 16.8 Å². The molecule has 0 saturated carbocycles. The Kier molecular flexibility index (Phi) is 4.85. The number of anilines is 1. The van der Waals surface area contributed by atoms with E-state index in [1.54, 1.807) is 25.1 Å². The molecule has 1 amide bonds. The van der Waals surface area contributed by atoms with Crippen molar-refractivity contribution < 1.29 is 13.2 Å². The zero-order valence-electron chi connectivity index (χ0n) is 14.4. The van der Waals surface area contributed by atoms with Gasteiger partial charge < -0.3 is 5.32 Å². The smallest absolute Gasteiger partial charge is 0.255 e. The molecule has 0 spiro atoms. The number of amides is 1. The van der Waals surface area contributed by atoms with E-state index in [9.17, 15) is 13.2 Å². The number of aromatic nitrogens is 3. The minimum Gasteiger partial charge on any atom is -0.322 e. The van der Waals surface area contributed by atoms with Gasteiger partial charge in [-0.1, -0.05) is 19.1 Å². The van der Waals surface area contributed by atoms with Crippen molar-refractivity contribution >= 4 is 21.4 Å². The first-order chi connectivity index (χ1) is 12.4. The fourth-order valence-corrected chi connectivity index (χ4v) is 3.28. The third-order valence-electron chi connectivity index (χ3n) is 3.83. The Morgan fingerprint density at radius 2 is 1.88 bits per heavy atom. The monoisotopic (exact) mass is 370 g/mol. The Labute approximate surface area is 151 Å². The van der Waals surface area contributed by atoms with Crippen LogP contribution in [0.5, 0.6) is 0 Å². The molecule has 0 fully saturated rings. The van der Waals surface area contributed by atoms with Crippen LogP contribution in [0.2, 0.25) is 0 Å². The molecule has 0 aliphatic rings. The van der Waals surface area contributed by atoms with Crippen LogP contribution in [0, 0.1) is 6.92 Å². The minimum absolute atomic E-state index is 0.0199. The molecule has 0 radical (unpaired) electrons. The Morgan fingerprint density at radius 3 is 2.50 bits per heavy atom. The second-order valence-electron chi connectivity index (χ2n) is 5.71. The minimum atomic E-state index is -3.28. The molecule has 8 heteroatoms. The lowest BCUT2D eigenvalue weighted by atomic mass is 10.1. The highest BCUT2D eigenvalue weighted by Gasteiger charge is 2.13. The highest BCUT2D eigenvalue weighted by Crippen LogP contribution is 2.20. The van der Waals surface area contributed by atoms with Gasteiger partial charge in [0.05, 0.1) is 10.6 Å². The van der Waals surface area contributed by atoms with Gasteiger partial charge in [-0.25, -0.2) is 13.4 Å². The van der Waals surface area contributed by atoms with Gasteiger partial charge in [0.2, 0.25) is 0 Å². The third-order valence-corrected chi connectivity index (χ3v) is 5.58. The highest BCUT2D eigenvalue weighted by atomic mass is 32.2. The van der Waals surface area contributed by atoms with Gasteiger partial charge in [-0.05, 0) is 43.3 Å². The number of aromatic amines is 1. The van der Waals surface area contributed by atoms with E-state index in [1.807, 2.05) is 13.0 Å². The standard InChI is InChI=1S/C18H18N4O3S/c1-3-26(24,25)16-9-7-13(8-10-16)18(23)20-15-6-4-5-14(11-15)17-19-12(2)21-22-17/h4-11H,3H2,1-2H3,(H,20,23)(H,19,21,22). The van der Waals surface area contributed by atoms with Crippen LogP contribution in [-0.2, 0) is 9.84 Å². The van der Waals surface area contributed by atoms with Gasteiger partial charge in [0.15, 0.2) is 15.7 Å². The summed E-state index contributed by atoms with van der Waals surface area (Å²) >= 11 is 0. The van der Waals surface area contributed by atoms with E-state index in [-0.39, 0.29) is 16.6 Å². The molecule has 2 N–H and O–H groups in total. The number of sulfone groups is 1. The lowest BCUT2D eigenvalue weighted by molar-refractivity contribution is 0.102. The molecule has 1 aromatic heterocycles. The molecule has 26 heavy (non-hydrogen) atoms. The fraction of sp³-hybridized carbons (Fsp3) is 0.167. The van der Waals surface area contributed by atoms with Crippen LogP contribution >= 0.6 is 0 Å². The summed E-state index contributed by atoms with van der Waals surface area (Å²) in [5, 5.41) is 9.67. The van der Waals surface area contributed by atoms with Crippen molar-refractivity contribution in [3.8, 4) is 11.4 Å². The maximum atomic E-state index is 12.4. The summed E-state index contributed by atoms with van der Waals surface area (Å²) in [6, 6.07) is 13.1. The lowest BCUT2D eigenvalue weighted by Crippen LogP contribution is -2.12. The van der Waals surface area contributed by atoms with Crippen molar-refractivity contribution in [3.63, 3.8) is 0 Å². The SMILES string of the molecule is CCS(=O)(=O)c1ccc(C(=O)Nc2cccc(-c3n[nH]c(C)n3)c2)cc1. The van der Waals surface area contributed by atoms with Gasteiger partial charge in [-0.3, -0.25) is 9.89 Å². The topological polar surface area (TPSA) is 105 Å². The van der Waals surface area contributed by atoms with Gasteiger partial charge in [-0.15, -0.1) is 0 Å². The van der Waals surface area contributed by atoms with Gasteiger partial charge in [0.25, 0.3) is 5.91 Å². The molecule has 0 aliphatic heterocycles. The molecular formula is C18H18N4O3S. The Balaban J connectivity index is 1.78. The molecule has 134 valence electrons. The predicted octanol–water partition coefficient (Wildman–Crippen LogP) is 2.83. The van der Waals surface area contributed by atoms with Crippen LogP contribution in [0.25, 0.3) is 11.4 Å². The zero-order valence-corrected chi connectivity index (χ0v) is 15.2. The number of carbonyl (C=O) groups is 1. The van der Waals surface area contributed by atoms with E-state index < -0.39 is 9.84 Å². The van der Waals surface area contributed by atoms with Crippen LogP contribution in [0.15, 0.2) is 53.4 Å². The maximum Gasteiger partial charge on any atom is 0.255 e. The summed E-state index contributed by atoms with van der Waals surface area (Å²) < 4.78 is 23.7. The largest absolute Gasteiger partial charge is 0.322 e. The van der Waals surface area contributed by atoms with Crippen molar-refractivity contribution in [1.82, 2.24) is 15.2 Å². The highest BCUT2D eigenvalue weighted by molar-refractivity contribution is 7.91. The van der Waals surface area contributed by atoms with Crippen LogP contribution < -0.4 is 5.32 Å². The lowest BCUT2D eigenvalue weighted by Gasteiger charge is -2.07. The normalized spacial score (nSPS) is 11.3. The number of hydrogen-bond donors (Lipinski definition) is 2. The average molecular weight is 370 g/mol. The Morgan fingerprint density at radius 1 is 1.15 bits per heavy atom. The van der Waals surface area contributed by atoms with Crippen molar-refractivity contribution in [1.29, 1.82) is 0 Å². The maximum absolute atomic E-state index is 12.4. The Hall–Kier alpha value is -3.00. The molecule has 0 aliphatic carbocycles. The molecular weight excluding hydrogens is 352 g/mol. The second kappa shape index (κ2) is 7.09. The van der Waals surface area contributed by atoms with E-state index in [1.165, 1.54) is 24.3 Å². The quantitative estimate of drug-likeness (QED) is 0.718.